The maximum atomic E-state index is 12.3. The van der Waals surface area contributed by atoms with Crippen molar-refractivity contribution in [2.75, 3.05) is 6.54 Å². The molecule has 104 valence electrons. The Hall–Kier alpha value is -1.43. The Bertz CT molecular complexity index is 498. The van der Waals surface area contributed by atoms with Crippen molar-refractivity contribution in [2.24, 2.45) is 5.92 Å². The van der Waals surface area contributed by atoms with Crippen LogP contribution in [0.3, 0.4) is 0 Å². The van der Waals surface area contributed by atoms with E-state index >= 15 is 0 Å². The van der Waals surface area contributed by atoms with Gasteiger partial charge in [0, 0.05) is 23.9 Å². The summed E-state index contributed by atoms with van der Waals surface area (Å²) in [5.74, 6) is -1.15. The lowest BCUT2D eigenvalue weighted by Crippen LogP contribution is -2.37. The number of carbonyl (C=O) groups excluding carboxylic acids is 1. The molecule has 0 spiro atoms. The lowest BCUT2D eigenvalue weighted by molar-refractivity contribution is -0.142. The predicted octanol–water partition coefficient (Wildman–Crippen LogP) is 2.20. The Morgan fingerprint density at radius 1 is 1.53 bits per heavy atom. The quantitative estimate of drug-likeness (QED) is 0.922. The number of likely N-dealkylation sites (tertiary alicyclic amines) is 1. The van der Waals surface area contributed by atoms with Crippen LogP contribution >= 0.6 is 11.3 Å². The van der Waals surface area contributed by atoms with Crippen molar-refractivity contribution in [3.63, 3.8) is 0 Å². The van der Waals surface area contributed by atoms with E-state index < -0.39 is 11.9 Å². The predicted molar refractivity (Wildman–Crippen MR) is 72.4 cm³/mol. The van der Waals surface area contributed by atoms with Gasteiger partial charge in [-0.25, -0.2) is 4.98 Å². The molecule has 1 fully saturated rings. The van der Waals surface area contributed by atoms with Gasteiger partial charge < -0.3 is 10.0 Å². The number of hydrogen-bond donors (Lipinski definition) is 1. The third-order valence-corrected chi connectivity index (χ3v) is 4.71. The number of aromatic nitrogens is 1. The largest absolute Gasteiger partial charge is 0.481 e. The maximum absolute atomic E-state index is 12.3. The first-order valence-corrected chi connectivity index (χ1v) is 7.29. The third kappa shape index (κ3) is 2.63. The third-order valence-electron chi connectivity index (χ3n) is 3.57. The molecule has 0 bridgehead atoms. The topological polar surface area (TPSA) is 70.5 Å². The highest BCUT2D eigenvalue weighted by molar-refractivity contribution is 7.09. The van der Waals surface area contributed by atoms with E-state index in [1.54, 1.807) is 17.2 Å². The van der Waals surface area contributed by atoms with E-state index in [4.69, 9.17) is 5.11 Å². The molecule has 1 aliphatic heterocycles. The molecule has 0 saturated carbocycles. The molecular weight excluding hydrogens is 264 g/mol. The van der Waals surface area contributed by atoms with Crippen LogP contribution < -0.4 is 0 Å². The van der Waals surface area contributed by atoms with Gasteiger partial charge in [-0.15, -0.1) is 11.3 Å². The monoisotopic (exact) mass is 282 g/mol. The van der Waals surface area contributed by atoms with Crippen LogP contribution in [0.25, 0.3) is 0 Å². The van der Waals surface area contributed by atoms with Gasteiger partial charge in [0.1, 0.15) is 5.69 Å². The number of carboxylic acid groups (broad SMARTS) is 1. The zero-order valence-electron chi connectivity index (χ0n) is 11.3. The Labute approximate surface area is 116 Å². The van der Waals surface area contributed by atoms with Gasteiger partial charge in [-0.05, 0) is 13.3 Å². The Morgan fingerprint density at radius 2 is 2.21 bits per heavy atom. The molecule has 2 atom stereocenters. The summed E-state index contributed by atoms with van der Waals surface area (Å²) in [6.07, 6.45) is 0.517. The zero-order valence-corrected chi connectivity index (χ0v) is 12.1. The van der Waals surface area contributed by atoms with Crippen molar-refractivity contribution in [3.05, 3.63) is 16.1 Å². The number of nitrogens with zero attached hydrogens (tertiary/aromatic N) is 2. The molecule has 0 aliphatic carbocycles. The van der Waals surface area contributed by atoms with Gasteiger partial charge in [-0.3, -0.25) is 9.59 Å². The number of aliphatic carboxylic acids is 1. The number of amides is 1. The van der Waals surface area contributed by atoms with Crippen LogP contribution in [0.4, 0.5) is 0 Å². The van der Waals surface area contributed by atoms with Gasteiger partial charge in [0.25, 0.3) is 5.91 Å². The van der Waals surface area contributed by atoms with Crippen LogP contribution in [0.1, 0.15) is 48.6 Å². The van der Waals surface area contributed by atoms with E-state index in [2.05, 4.69) is 4.98 Å². The lowest BCUT2D eigenvalue weighted by atomic mass is 10.0. The normalized spacial score (nSPS) is 23.1. The Morgan fingerprint density at radius 3 is 2.68 bits per heavy atom. The minimum Gasteiger partial charge on any atom is -0.481 e. The molecule has 1 amide bonds. The molecule has 2 heterocycles. The summed E-state index contributed by atoms with van der Waals surface area (Å²) in [6, 6.07) is -0.269. The maximum Gasteiger partial charge on any atom is 0.308 e. The Balaban J connectivity index is 2.14. The molecule has 0 radical (unpaired) electrons. The molecule has 1 N–H and O–H groups in total. The van der Waals surface area contributed by atoms with Crippen molar-refractivity contribution >= 4 is 23.2 Å². The van der Waals surface area contributed by atoms with Crippen molar-refractivity contribution in [1.29, 1.82) is 0 Å². The first kappa shape index (κ1) is 14.0. The molecule has 2 rings (SSSR count). The average molecular weight is 282 g/mol. The number of rotatable bonds is 3. The van der Waals surface area contributed by atoms with Gasteiger partial charge in [-0.2, -0.15) is 0 Å². The number of carboxylic acids is 1. The fourth-order valence-electron chi connectivity index (χ4n) is 2.35. The standard InChI is InChI=1S/C13H18N2O3S/c1-7(2)11-14-10(6-19-11)12(16)15-5-4-9(8(15)3)13(17)18/h6-9H,4-5H2,1-3H3,(H,17,18). The lowest BCUT2D eigenvalue weighted by Gasteiger charge is -2.22. The van der Waals surface area contributed by atoms with Crippen molar-refractivity contribution in [1.82, 2.24) is 9.88 Å². The summed E-state index contributed by atoms with van der Waals surface area (Å²) in [5.41, 5.74) is 0.437. The fraction of sp³-hybridized carbons (Fsp3) is 0.615. The summed E-state index contributed by atoms with van der Waals surface area (Å²) in [4.78, 5) is 29.4. The molecule has 2 unspecified atom stereocenters. The van der Waals surface area contributed by atoms with Crippen molar-refractivity contribution in [2.45, 2.75) is 39.2 Å². The van der Waals surface area contributed by atoms with Crippen LogP contribution in [-0.4, -0.2) is 39.5 Å². The van der Waals surface area contributed by atoms with Gasteiger partial charge in [0.15, 0.2) is 0 Å². The Kier molecular flexibility index (Phi) is 3.89. The van der Waals surface area contributed by atoms with E-state index in [0.29, 0.717) is 24.6 Å². The fourth-order valence-corrected chi connectivity index (χ4v) is 3.16. The molecular formula is C13H18N2O3S. The number of hydrogen-bond acceptors (Lipinski definition) is 4. The molecule has 1 aromatic heterocycles. The smallest absolute Gasteiger partial charge is 0.308 e. The van der Waals surface area contributed by atoms with Crippen molar-refractivity contribution < 1.29 is 14.7 Å². The summed E-state index contributed by atoms with van der Waals surface area (Å²) in [5, 5.41) is 11.8. The highest BCUT2D eigenvalue weighted by atomic mass is 32.1. The van der Waals surface area contributed by atoms with Gasteiger partial charge >= 0.3 is 5.97 Å². The number of thiazole rings is 1. The minimum absolute atomic E-state index is 0.153. The molecule has 1 aliphatic rings. The van der Waals surface area contributed by atoms with Crippen LogP contribution in [-0.2, 0) is 4.79 Å². The summed E-state index contributed by atoms with van der Waals surface area (Å²) < 4.78 is 0. The first-order chi connectivity index (χ1) is 8.91. The summed E-state index contributed by atoms with van der Waals surface area (Å²) in [6.45, 7) is 6.35. The highest BCUT2D eigenvalue weighted by Crippen LogP contribution is 2.27. The second-order valence-electron chi connectivity index (χ2n) is 5.20. The first-order valence-electron chi connectivity index (χ1n) is 6.41. The van der Waals surface area contributed by atoms with E-state index in [-0.39, 0.29) is 11.9 Å². The molecule has 0 aromatic carbocycles. The van der Waals surface area contributed by atoms with E-state index in [9.17, 15) is 9.59 Å². The van der Waals surface area contributed by atoms with E-state index in [0.717, 1.165) is 5.01 Å². The summed E-state index contributed by atoms with van der Waals surface area (Å²) in [7, 11) is 0. The van der Waals surface area contributed by atoms with Crippen molar-refractivity contribution in [3.8, 4) is 0 Å². The van der Waals surface area contributed by atoms with Crippen LogP contribution in [0, 0.1) is 5.92 Å². The average Bonchev–Trinajstić information content (AvgIpc) is 2.94. The molecule has 5 nitrogen and oxygen atoms in total. The summed E-state index contributed by atoms with van der Waals surface area (Å²) >= 11 is 1.48. The second-order valence-corrected chi connectivity index (χ2v) is 6.09. The number of carbonyl (C=O) groups is 2. The molecule has 19 heavy (non-hydrogen) atoms. The van der Waals surface area contributed by atoms with Gasteiger partial charge in [0.05, 0.1) is 10.9 Å². The molecule has 1 saturated heterocycles. The molecule has 6 heteroatoms. The minimum atomic E-state index is -0.830. The van der Waals surface area contributed by atoms with Gasteiger partial charge in [-0.1, -0.05) is 13.8 Å². The van der Waals surface area contributed by atoms with Crippen LogP contribution in [0.5, 0.6) is 0 Å². The van der Waals surface area contributed by atoms with E-state index in [1.165, 1.54) is 11.3 Å². The zero-order chi connectivity index (χ0) is 14.2. The SMILES string of the molecule is CC(C)c1nc(C(=O)N2CCC(C(=O)O)C2C)cs1. The highest BCUT2D eigenvalue weighted by Gasteiger charge is 2.38. The van der Waals surface area contributed by atoms with Gasteiger partial charge in [0.2, 0.25) is 0 Å². The molecule has 1 aromatic rings. The van der Waals surface area contributed by atoms with Crippen LogP contribution in [0.2, 0.25) is 0 Å². The van der Waals surface area contributed by atoms with E-state index in [1.807, 2.05) is 13.8 Å². The second kappa shape index (κ2) is 5.28. The van der Waals surface area contributed by atoms with Crippen LogP contribution in [0.15, 0.2) is 5.38 Å².